The van der Waals surface area contributed by atoms with Crippen LogP contribution in [0.5, 0.6) is 0 Å². The van der Waals surface area contributed by atoms with Crippen LogP contribution >= 0.6 is 0 Å². The lowest BCUT2D eigenvalue weighted by Crippen LogP contribution is -2.38. The van der Waals surface area contributed by atoms with Gasteiger partial charge in [0.25, 0.3) is 11.8 Å². The number of hydrogen-bond donors (Lipinski definition) is 3. The van der Waals surface area contributed by atoms with Gasteiger partial charge in [-0.25, -0.2) is 4.98 Å². The molecule has 1 saturated heterocycles. The first-order valence-corrected chi connectivity index (χ1v) is 11.5. The van der Waals surface area contributed by atoms with Crippen LogP contribution < -0.4 is 16.4 Å². The molecule has 1 aliphatic rings. The quantitative estimate of drug-likeness (QED) is 0.484. The van der Waals surface area contributed by atoms with Crippen LogP contribution in [-0.4, -0.2) is 50.6 Å². The molecule has 4 N–H and O–H groups in total. The molecule has 2 aromatic heterocycles. The second-order valence-electron chi connectivity index (χ2n) is 8.96. The standard InChI is InChI=1S/C25H31N7O2/c1-16(2)28-22-9-6-19(15-27-22)24(33)29-23-14-21(30-31(23)3)25(34)32-12-10-18(11-13-32)17-4-7-20(26)8-5-17/h4-9,14-16,18H,10-13,26H2,1-3H3,(H,27,28)(H,29,33). The number of pyridine rings is 1. The summed E-state index contributed by atoms with van der Waals surface area (Å²) in [6.07, 6.45) is 3.30. The van der Waals surface area contributed by atoms with E-state index >= 15 is 0 Å². The van der Waals surface area contributed by atoms with Gasteiger partial charge in [-0.3, -0.25) is 14.3 Å². The molecule has 0 atom stereocenters. The van der Waals surface area contributed by atoms with Gasteiger partial charge in [-0.05, 0) is 62.4 Å². The number of anilines is 3. The number of aromatic nitrogens is 3. The summed E-state index contributed by atoms with van der Waals surface area (Å²) in [5, 5.41) is 10.3. The molecular formula is C25H31N7O2. The second-order valence-corrected chi connectivity index (χ2v) is 8.96. The van der Waals surface area contributed by atoms with Gasteiger partial charge in [0.15, 0.2) is 5.69 Å². The van der Waals surface area contributed by atoms with Crippen molar-refractivity contribution < 1.29 is 9.59 Å². The number of carbonyl (C=O) groups excluding carboxylic acids is 2. The molecule has 0 bridgehead atoms. The number of nitrogens with two attached hydrogens (primary N) is 1. The number of benzene rings is 1. The fraction of sp³-hybridized carbons (Fsp3) is 0.360. The van der Waals surface area contributed by atoms with Gasteiger partial charge in [0, 0.05) is 44.1 Å². The maximum atomic E-state index is 13.0. The van der Waals surface area contributed by atoms with E-state index in [9.17, 15) is 9.59 Å². The number of rotatable bonds is 6. The summed E-state index contributed by atoms with van der Waals surface area (Å²) in [5.41, 5.74) is 8.54. The van der Waals surface area contributed by atoms with Crippen LogP contribution in [0.25, 0.3) is 0 Å². The van der Waals surface area contributed by atoms with E-state index in [-0.39, 0.29) is 17.9 Å². The van der Waals surface area contributed by atoms with Crippen molar-refractivity contribution in [2.75, 3.05) is 29.5 Å². The third-order valence-corrected chi connectivity index (χ3v) is 5.99. The van der Waals surface area contributed by atoms with Gasteiger partial charge in [-0.15, -0.1) is 0 Å². The summed E-state index contributed by atoms with van der Waals surface area (Å²) in [4.78, 5) is 31.8. The Morgan fingerprint density at radius 1 is 1.09 bits per heavy atom. The zero-order valence-corrected chi connectivity index (χ0v) is 19.8. The topological polar surface area (TPSA) is 118 Å². The Bertz CT molecular complexity index is 1150. The van der Waals surface area contributed by atoms with E-state index in [1.165, 1.54) is 16.4 Å². The largest absolute Gasteiger partial charge is 0.399 e. The number of likely N-dealkylation sites (tertiary alicyclic amines) is 1. The third-order valence-electron chi connectivity index (χ3n) is 5.99. The Labute approximate surface area is 199 Å². The zero-order chi connectivity index (χ0) is 24.2. The molecule has 0 spiro atoms. The summed E-state index contributed by atoms with van der Waals surface area (Å²) in [6, 6.07) is 13.3. The number of hydrogen-bond acceptors (Lipinski definition) is 6. The van der Waals surface area contributed by atoms with Gasteiger partial charge in [0.1, 0.15) is 11.6 Å². The minimum absolute atomic E-state index is 0.127. The molecule has 9 heteroatoms. The zero-order valence-electron chi connectivity index (χ0n) is 19.8. The number of aryl methyl sites for hydroxylation is 1. The fourth-order valence-electron chi connectivity index (χ4n) is 4.13. The van der Waals surface area contributed by atoms with Gasteiger partial charge < -0.3 is 21.3 Å². The summed E-state index contributed by atoms with van der Waals surface area (Å²) in [6.45, 7) is 5.36. The van der Waals surface area contributed by atoms with Crippen LogP contribution in [0.3, 0.4) is 0 Å². The SMILES string of the molecule is CC(C)Nc1ccc(C(=O)Nc2cc(C(=O)N3CCC(c4ccc(N)cc4)CC3)nn2C)cn1. The van der Waals surface area contributed by atoms with E-state index in [1.54, 1.807) is 25.2 Å². The van der Waals surface area contributed by atoms with E-state index in [0.717, 1.165) is 18.5 Å². The molecule has 3 aromatic rings. The van der Waals surface area contributed by atoms with E-state index in [2.05, 4.69) is 32.8 Å². The van der Waals surface area contributed by atoms with Crippen LogP contribution in [0.2, 0.25) is 0 Å². The predicted octanol–water partition coefficient (Wildman–Crippen LogP) is 3.49. The molecule has 1 aromatic carbocycles. The van der Waals surface area contributed by atoms with Crippen molar-refractivity contribution in [1.82, 2.24) is 19.7 Å². The van der Waals surface area contributed by atoms with Gasteiger partial charge >= 0.3 is 0 Å². The molecule has 0 radical (unpaired) electrons. The molecule has 1 fully saturated rings. The average Bonchev–Trinajstić information content (AvgIpc) is 3.19. The Kier molecular flexibility index (Phi) is 6.81. The minimum atomic E-state index is -0.310. The monoisotopic (exact) mass is 461 g/mol. The molecule has 2 amide bonds. The van der Waals surface area contributed by atoms with E-state index < -0.39 is 0 Å². The van der Waals surface area contributed by atoms with Gasteiger partial charge in [-0.2, -0.15) is 5.10 Å². The first kappa shape index (κ1) is 23.3. The van der Waals surface area contributed by atoms with Crippen LogP contribution in [0, 0.1) is 0 Å². The maximum Gasteiger partial charge on any atom is 0.274 e. The predicted molar refractivity (Wildman–Crippen MR) is 133 cm³/mol. The summed E-state index contributed by atoms with van der Waals surface area (Å²) >= 11 is 0. The van der Waals surface area contributed by atoms with Crippen molar-refractivity contribution in [3.8, 4) is 0 Å². The van der Waals surface area contributed by atoms with E-state index in [1.807, 2.05) is 30.9 Å². The first-order chi connectivity index (χ1) is 16.3. The number of nitrogens with one attached hydrogen (secondary N) is 2. The molecular weight excluding hydrogens is 430 g/mol. The van der Waals surface area contributed by atoms with Crippen LogP contribution in [0.15, 0.2) is 48.7 Å². The number of nitrogen functional groups attached to an aromatic ring is 1. The van der Waals surface area contributed by atoms with Crippen LogP contribution in [0.1, 0.15) is 59.0 Å². The highest BCUT2D eigenvalue weighted by atomic mass is 16.2. The van der Waals surface area contributed by atoms with Gasteiger partial charge in [0.2, 0.25) is 0 Å². The molecule has 34 heavy (non-hydrogen) atoms. The van der Waals surface area contributed by atoms with E-state index in [4.69, 9.17) is 5.73 Å². The molecule has 1 aliphatic heterocycles. The lowest BCUT2D eigenvalue weighted by atomic mass is 9.89. The smallest absolute Gasteiger partial charge is 0.274 e. The summed E-state index contributed by atoms with van der Waals surface area (Å²) in [5.74, 6) is 1.14. The number of piperidine rings is 1. The highest BCUT2D eigenvalue weighted by Gasteiger charge is 2.26. The number of nitrogens with zero attached hydrogens (tertiary/aromatic N) is 4. The molecule has 3 heterocycles. The third kappa shape index (κ3) is 5.36. The maximum absolute atomic E-state index is 13.0. The van der Waals surface area contributed by atoms with Crippen molar-refractivity contribution in [3.63, 3.8) is 0 Å². The van der Waals surface area contributed by atoms with Crippen LogP contribution in [-0.2, 0) is 7.05 Å². The number of amides is 2. The molecule has 0 saturated carbocycles. The second kappa shape index (κ2) is 9.94. The Morgan fingerprint density at radius 3 is 2.41 bits per heavy atom. The Morgan fingerprint density at radius 2 is 1.79 bits per heavy atom. The molecule has 0 unspecified atom stereocenters. The molecule has 9 nitrogen and oxygen atoms in total. The molecule has 4 rings (SSSR count). The van der Waals surface area contributed by atoms with Crippen molar-refractivity contribution in [2.45, 2.75) is 38.6 Å². The molecule has 178 valence electrons. The van der Waals surface area contributed by atoms with Gasteiger partial charge in [0.05, 0.1) is 5.56 Å². The molecule has 0 aliphatic carbocycles. The summed E-state index contributed by atoms with van der Waals surface area (Å²) < 4.78 is 1.51. The minimum Gasteiger partial charge on any atom is -0.399 e. The Hall–Kier alpha value is -3.88. The van der Waals surface area contributed by atoms with Crippen molar-refractivity contribution >= 4 is 29.1 Å². The lowest BCUT2D eigenvalue weighted by Gasteiger charge is -2.31. The fourth-order valence-corrected chi connectivity index (χ4v) is 4.13. The average molecular weight is 462 g/mol. The summed E-state index contributed by atoms with van der Waals surface area (Å²) in [7, 11) is 1.70. The van der Waals surface area contributed by atoms with Gasteiger partial charge in [-0.1, -0.05) is 12.1 Å². The van der Waals surface area contributed by atoms with E-state index in [0.29, 0.717) is 41.9 Å². The first-order valence-electron chi connectivity index (χ1n) is 11.5. The van der Waals surface area contributed by atoms with Crippen molar-refractivity contribution in [1.29, 1.82) is 0 Å². The van der Waals surface area contributed by atoms with Crippen molar-refractivity contribution in [2.24, 2.45) is 7.05 Å². The Balaban J connectivity index is 1.36. The van der Waals surface area contributed by atoms with Crippen molar-refractivity contribution in [3.05, 3.63) is 65.5 Å². The normalized spacial score (nSPS) is 14.3. The highest BCUT2D eigenvalue weighted by Crippen LogP contribution is 2.29. The highest BCUT2D eigenvalue weighted by molar-refractivity contribution is 6.04. The lowest BCUT2D eigenvalue weighted by molar-refractivity contribution is 0.0706. The van der Waals surface area contributed by atoms with Crippen LogP contribution in [0.4, 0.5) is 17.3 Å². The number of carbonyl (C=O) groups is 2.